The molecule has 3 nitrogen and oxygen atoms in total. The summed E-state index contributed by atoms with van der Waals surface area (Å²) in [6.45, 7) is 6.31. The number of hydrogen-bond donors (Lipinski definition) is 2. The Morgan fingerprint density at radius 1 is 1.29 bits per heavy atom. The third-order valence-electron chi connectivity index (χ3n) is 4.15. The summed E-state index contributed by atoms with van der Waals surface area (Å²) in [5, 5.41) is 6.48. The van der Waals surface area contributed by atoms with E-state index in [1.807, 2.05) is 0 Å². The number of benzene rings is 1. The van der Waals surface area contributed by atoms with Crippen LogP contribution in [0.1, 0.15) is 50.2 Å². The summed E-state index contributed by atoms with van der Waals surface area (Å²) < 4.78 is 0. The van der Waals surface area contributed by atoms with Gasteiger partial charge in [0.15, 0.2) is 0 Å². The monoisotopic (exact) mass is 310 g/mol. The molecule has 1 unspecified atom stereocenters. The summed E-state index contributed by atoms with van der Waals surface area (Å²) in [4.78, 5) is 12.1. The van der Waals surface area contributed by atoms with Gasteiger partial charge < -0.3 is 10.6 Å². The lowest BCUT2D eigenvalue weighted by molar-refractivity contribution is -0.122. The van der Waals surface area contributed by atoms with Crippen molar-refractivity contribution in [3.8, 4) is 0 Å². The second kappa shape index (κ2) is 9.06. The minimum Gasteiger partial charge on any atom is -0.353 e. The zero-order chi connectivity index (χ0) is 14.4. The summed E-state index contributed by atoms with van der Waals surface area (Å²) in [6, 6.07) is 8.99. The fraction of sp³-hybridized carbons (Fsp3) is 0.588. The lowest BCUT2D eigenvalue weighted by Gasteiger charge is -2.24. The zero-order valence-electron chi connectivity index (χ0n) is 13.0. The standard InChI is InChI=1S/C17H26N2O.ClH/c1-3-14-4-6-15(7-5-14)13(2)12-17(20)19-16-8-10-18-11-9-16;/h4-7,13,16,18H,3,8-12H2,1-2H3,(H,19,20);1H. The van der Waals surface area contributed by atoms with Gasteiger partial charge in [0.1, 0.15) is 0 Å². The van der Waals surface area contributed by atoms with Crippen LogP contribution in [0.5, 0.6) is 0 Å². The Kier molecular flexibility index (Phi) is 7.76. The molecule has 1 fully saturated rings. The summed E-state index contributed by atoms with van der Waals surface area (Å²) in [5.41, 5.74) is 2.60. The van der Waals surface area contributed by atoms with Gasteiger partial charge in [0.25, 0.3) is 0 Å². The van der Waals surface area contributed by atoms with Gasteiger partial charge in [-0.2, -0.15) is 0 Å². The van der Waals surface area contributed by atoms with Crippen LogP contribution < -0.4 is 10.6 Å². The zero-order valence-corrected chi connectivity index (χ0v) is 13.8. The molecule has 1 heterocycles. The van der Waals surface area contributed by atoms with Crippen LogP contribution in [-0.2, 0) is 11.2 Å². The smallest absolute Gasteiger partial charge is 0.220 e. The average molecular weight is 311 g/mol. The van der Waals surface area contributed by atoms with Gasteiger partial charge in [-0.25, -0.2) is 0 Å². The van der Waals surface area contributed by atoms with E-state index in [0.29, 0.717) is 12.5 Å². The van der Waals surface area contributed by atoms with Crippen molar-refractivity contribution in [2.45, 2.75) is 51.5 Å². The largest absolute Gasteiger partial charge is 0.353 e. The van der Waals surface area contributed by atoms with Crippen molar-refractivity contribution < 1.29 is 4.79 Å². The summed E-state index contributed by atoms with van der Waals surface area (Å²) in [5.74, 6) is 0.464. The number of nitrogens with one attached hydrogen (secondary N) is 2. The number of hydrogen-bond acceptors (Lipinski definition) is 2. The molecular formula is C17H27ClN2O. The van der Waals surface area contributed by atoms with E-state index in [1.165, 1.54) is 11.1 Å². The molecule has 0 saturated carbocycles. The van der Waals surface area contributed by atoms with Crippen LogP contribution in [0.4, 0.5) is 0 Å². The highest BCUT2D eigenvalue weighted by Gasteiger charge is 2.17. The molecule has 118 valence electrons. The molecule has 1 amide bonds. The van der Waals surface area contributed by atoms with Gasteiger partial charge in [-0.1, -0.05) is 38.1 Å². The molecule has 1 aromatic rings. The highest BCUT2D eigenvalue weighted by atomic mass is 35.5. The van der Waals surface area contributed by atoms with Gasteiger partial charge in [-0.05, 0) is 49.4 Å². The summed E-state index contributed by atoms with van der Waals surface area (Å²) in [6.07, 6.45) is 3.73. The van der Waals surface area contributed by atoms with E-state index in [2.05, 4.69) is 48.7 Å². The van der Waals surface area contributed by atoms with Crippen molar-refractivity contribution in [1.82, 2.24) is 10.6 Å². The number of amides is 1. The van der Waals surface area contributed by atoms with Crippen LogP contribution in [0.3, 0.4) is 0 Å². The maximum Gasteiger partial charge on any atom is 0.220 e. The molecule has 0 radical (unpaired) electrons. The Morgan fingerprint density at radius 3 is 2.48 bits per heavy atom. The van der Waals surface area contributed by atoms with E-state index in [-0.39, 0.29) is 24.2 Å². The number of carbonyl (C=O) groups is 1. The molecular weight excluding hydrogens is 284 g/mol. The molecule has 1 saturated heterocycles. The first kappa shape index (κ1) is 18.0. The first-order valence-electron chi connectivity index (χ1n) is 7.78. The average Bonchev–Trinajstić information content (AvgIpc) is 2.48. The van der Waals surface area contributed by atoms with Crippen molar-refractivity contribution >= 4 is 18.3 Å². The van der Waals surface area contributed by atoms with Crippen molar-refractivity contribution in [2.75, 3.05) is 13.1 Å². The van der Waals surface area contributed by atoms with Crippen molar-refractivity contribution in [3.63, 3.8) is 0 Å². The highest BCUT2D eigenvalue weighted by Crippen LogP contribution is 2.20. The molecule has 1 aliphatic rings. The van der Waals surface area contributed by atoms with Crippen LogP contribution in [0.2, 0.25) is 0 Å². The van der Waals surface area contributed by atoms with Crippen LogP contribution in [0.25, 0.3) is 0 Å². The Morgan fingerprint density at radius 2 is 1.90 bits per heavy atom. The van der Waals surface area contributed by atoms with Crippen molar-refractivity contribution in [1.29, 1.82) is 0 Å². The van der Waals surface area contributed by atoms with E-state index >= 15 is 0 Å². The SMILES string of the molecule is CCc1ccc(C(C)CC(=O)NC2CCNCC2)cc1.Cl. The molecule has 0 aliphatic carbocycles. The highest BCUT2D eigenvalue weighted by molar-refractivity contribution is 5.85. The Bertz CT molecular complexity index is 427. The Balaban J connectivity index is 0.00000220. The Labute approximate surface area is 134 Å². The van der Waals surface area contributed by atoms with Crippen LogP contribution >= 0.6 is 12.4 Å². The van der Waals surface area contributed by atoms with Gasteiger partial charge in [0, 0.05) is 12.5 Å². The lowest BCUT2D eigenvalue weighted by atomic mass is 9.95. The molecule has 21 heavy (non-hydrogen) atoms. The van der Waals surface area contributed by atoms with Gasteiger partial charge >= 0.3 is 0 Å². The van der Waals surface area contributed by atoms with Gasteiger partial charge in [-0.15, -0.1) is 12.4 Å². The number of carbonyl (C=O) groups excluding carboxylic acids is 1. The van der Waals surface area contributed by atoms with Crippen LogP contribution in [0.15, 0.2) is 24.3 Å². The number of halogens is 1. The number of aryl methyl sites for hydroxylation is 1. The summed E-state index contributed by atoms with van der Waals surface area (Å²) in [7, 11) is 0. The number of piperidine rings is 1. The lowest BCUT2D eigenvalue weighted by Crippen LogP contribution is -2.42. The molecule has 0 spiro atoms. The fourth-order valence-corrected chi connectivity index (χ4v) is 2.73. The second-order valence-electron chi connectivity index (χ2n) is 5.79. The molecule has 2 rings (SSSR count). The molecule has 1 aromatic carbocycles. The third-order valence-corrected chi connectivity index (χ3v) is 4.15. The minimum absolute atomic E-state index is 0. The minimum atomic E-state index is 0. The first-order chi connectivity index (χ1) is 9.69. The van der Waals surface area contributed by atoms with Crippen LogP contribution in [0, 0.1) is 0 Å². The van der Waals surface area contributed by atoms with Gasteiger partial charge in [0.2, 0.25) is 5.91 Å². The first-order valence-corrected chi connectivity index (χ1v) is 7.78. The van der Waals surface area contributed by atoms with Crippen LogP contribution in [-0.4, -0.2) is 25.0 Å². The molecule has 0 aromatic heterocycles. The van der Waals surface area contributed by atoms with E-state index in [0.717, 1.165) is 32.4 Å². The summed E-state index contributed by atoms with van der Waals surface area (Å²) >= 11 is 0. The molecule has 1 atom stereocenters. The predicted octanol–water partition coefficient (Wildman–Crippen LogP) is 3.03. The second-order valence-corrected chi connectivity index (χ2v) is 5.79. The molecule has 0 bridgehead atoms. The topological polar surface area (TPSA) is 41.1 Å². The van der Waals surface area contributed by atoms with Gasteiger partial charge in [-0.3, -0.25) is 4.79 Å². The van der Waals surface area contributed by atoms with E-state index in [4.69, 9.17) is 0 Å². The van der Waals surface area contributed by atoms with Crippen molar-refractivity contribution in [3.05, 3.63) is 35.4 Å². The maximum atomic E-state index is 12.1. The van der Waals surface area contributed by atoms with Crippen molar-refractivity contribution in [2.24, 2.45) is 0 Å². The normalized spacial score (nSPS) is 16.9. The van der Waals surface area contributed by atoms with E-state index in [9.17, 15) is 4.79 Å². The fourth-order valence-electron chi connectivity index (χ4n) is 2.73. The predicted molar refractivity (Wildman–Crippen MR) is 90.1 cm³/mol. The molecule has 1 aliphatic heterocycles. The molecule has 2 N–H and O–H groups in total. The quantitative estimate of drug-likeness (QED) is 0.877. The number of rotatable bonds is 5. The van der Waals surface area contributed by atoms with E-state index in [1.54, 1.807) is 0 Å². The Hall–Kier alpha value is -1.06. The van der Waals surface area contributed by atoms with E-state index < -0.39 is 0 Å². The third kappa shape index (κ3) is 5.68. The maximum absolute atomic E-state index is 12.1. The van der Waals surface area contributed by atoms with Gasteiger partial charge in [0.05, 0.1) is 0 Å². The molecule has 4 heteroatoms.